The lowest BCUT2D eigenvalue weighted by molar-refractivity contribution is -0.143. The van der Waals surface area contributed by atoms with Crippen LogP contribution in [0.1, 0.15) is 316 Å². The van der Waals surface area contributed by atoms with Gasteiger partial charge in [0.15, 0.2) is 0 Å². The van der Waals surface area contributed by atoms with Crippen LogP contribution in [0.2, 0.25) is 0 Å². The Morgan fingerprint density at radius 2 is 0.746 bits per heavy atom. The van der Waals surface area contributed by atoms with Crippen LogP contribution in [-0.4, -0.2) is 47.4 Å². The van der Waals surface area contributed by atoms with Crippen LogP contribution in [-0.2, 0) is 14.3 Å². The lowest BCUT2D eigenvalue weighted by Gasteiger charge is -2.22. The van der Waals surface area contributed by atoms with Gasteiger partial charge < -0.3 is 20.3 Å². The van der Waals surface area contributed by atoms with Crippen LogP contribution in [0.25, 0.3) is 0 Å². The summed E-state index contributed by atoms with van der Waals surface area (Å²) in [6.45, 7) is 4.90. The smallest absolute Gasteiger partial charge is 0.305 e. The number of aliphatic hydroxyl groups excluding tert-OH is 2. The van der Waals surface area contributed by atoms with Gasteiger partial charge in [-0.3, -0.25) is 9.59 Å². The zero-order valence-electron chi connectivity index (χ0n) is 44.9. The van der Waals surface area contributed by atoms with E-state index in [1.807, 2.05) is 0 Å². The minimum Gasteiger partial charge on any atom is -0.466 e. The number of aliphatic hydroxyl groups is 2. The summed E-state index contributed by atoms with van der Waals surface area (Å²) in [6, 6.07) is -0.555. The van der Waals surface area contributed by atoms with E-state index >= 15 is 0 Å². The van der Waals surface area contributed by atoms with Crippen LogP contribution in [0.15, 0.2) is 36.5 Å². The van der Waals surface area contributed by atoms with E-state index in [1.165, 1.54) is 199 Å². The minimum absolute atomic E-state index is 0.0238. The van der Waals surface area contributed by atoms with Gasteiger partial charge in [-0.2, -0.15) is 0 Å². The van der Waals surface area contributed by atoms with Gasteiger partial charge in [0.1, 0.15) is 0 Å². The van der Waals surface area contributed by atoms with Gasteiger partial charge in [0.05, 0.1) is 25.4 Å². The van der Waals surface area contributed by atoms with Crippen molar-refractivity contribution in [2.45, 2.75) is 328 Å². The second-order valence-electron chi connectivity index (χ2n) is 20.3. The van der Waals surface area contributed by atoms with Gasteiger partial charge in [-0.25, -0.2) is 0 Å². The van der Waals surface area contributed by atoms with Gasteiger partial charge in [0, 0.05) is 12.8 Å². The number of esters is 1. The van der Waals surface area contributed by atoms with Crippen molar-refractivity contribution in [2.24, 2.45) is 0 Å². The largest absolute Gasteiger partial charge is 0.466 e. The van der Waals surface area contributed by atoms with Gasteiger partial charge in [-0.05, 0) is 83.5 Å². The average Bonchev–Trinajstić information content (AvgIpc) is 3.33. The highest BCUT2D eigenvalue weighted by atomic mass is 16.5. The summed E-state index contributed by atoms with van der Waals surface area (Å²) in [4.78, 5) is 24.5. The molecule has 0 aliphatic heterocycles. The molecule has 0 spiro atoms. The number of rotatable bonds is 55. The molecule has 67 heavy (non-hydrogen) atoms. The second kappa shape index (κ2) is 56.7. The third kappa shape index (κ3) is 53.3. The molecule has 0 rings (SSSR count). The maximum absolute atomic E-state index is 12.5. The van der Waals surface area contributed by atoms with Crippen molar-refractivity contribution in [3.8, 4) is 0 Å². The molecule has 6 heteroatoms. The van der Waals surface area contributed by atoms with Crippen molar-refractivity contribution in [1.29, 1.82) is 0 Å². The van der Waals surface area contributed by atoms with E-state index in [9.17, 15) is 19.8 Å². The first-order valence-corrected chi connectivity index (χ1v) is 29.7. The molecule has 2 unspecified atom stereocenters. The molecular formula is C61H115NO5. The molecule has 0 aromatic rings. The van der Waals surface area contributed by atoms with Gasteiger partial charge in [0.25, 0.3) is 0 Å². The number of carbonyl (C=O) groups is 2. The van der Waals surface area contributed by atoms with Crippen molar-refractivity contribution in [3.05, 3.63) is 36.5 Å². The highest BCUT2D eigenvalue weighted by molar-refractivity contribution is 5.76. The highest BCUT2D eigenvalue weighted by Crippen LogP contribution is 2.17. The molecule has 0 saturated heterocycles. The molecule has 0 heterocycles. The summed E-state index contributed by atoms with van der Waals surface area (Å²) in [5.74, 6) is -0.0725. The molecule has 0 aliphatic rings. The summed E-state index contributed by atoms with van der Waals surface area (Å²) in [5.41, 5.74) is 0. The molecule has 1 amide bonds. The number of hydrogen-bond donors (Lipinski definition) is 3. The van der Waals surface area contributed by atoms with E-state index in [0.29, 0.717) is 25.9 Å². The first-order chi connectivity index (χ1) is 33.0. The number of ether oxygens (including phenoxy) is 1. The lowest BCUT2D eigenvalue weighted by Crippen LogP contribution is -2.45. The van der Waals surface area contributed by atoms with E-state index in [4.69, 9.17) is 4.74 Å². The number of allylic oxidation sites excluding steroid dienone is 6. The molecule has 0 radical (unpaired) electrons. The maximum Gasteiger partial charge on any atom is 0.305 e. The van der Waals surface area contributed by atoms with Crippen LogP contribution in [0, 0.1) is 0 Å². The molecule has 0 fully saturated rings. The SMILES string of the molecule is CCCCC/C=C\C/C=C\CCCCCCCC(=O)OCCCCCC/C=C\CCCCCCCCCC(=O)NC(CO)C(O)CCCCCCCCCCCCCCCCCCCCCC. The molecule has 394 valence electrons. The Bertz CT molecular complexity index is 1090. The van der Waals surface area contributed by atoms with Gasteiger partial charge >= 0.3 is 5.97 Å². The summed E-state index contributed by atoms with van der Waals surface area (Å²) >= 11 is 0. The summed E-state index contributed by atoms with van der Waals surface area (Å²) < 4.78 is 5.46. The number of carbonyl (C=O) groups excluding carboxylic acids is 2. The highest BCUT2D eigenvalue weighted by Gasteiger charge is 2.20. The fraction of sp³-hybridized carbons (Fsp3) is 0.869. The normalized spacial score (nSPS) is 12.8. The third-order valence-corrected chi connectivity index (χ3v) is 13.7. The van der Waals surface area contributed by atoms with E-state index in [0.717, 1.165) is 83.5 Å². The molecular weight excluding hydrogens is 827 g/mol. The first kappa shape index (κ1) is 65.1. The summed E-state index contributed by atoms with van der Waals surface area (Å²) in [7, 11) is 0. The Morgan fingerprint density at radius 3 is 1.18 bits per heavy atom. The van der Waals surface area contributed by atoms with Crippen molar-refractivity contribution >= 4 is 11.9 Å². The standard InChI is InChI=1S/C61H115NO5/c1-3-5-7-9-11-13-15-17-19-20-21-22-23-26-29-33-37-41-45-49-53-59(64)58(57-63)62-60(65)54-50-46-42-38-34-30-27-24-28-32-36-40-44-48-52-56-67-61(66)55-51-47-43-39-35-31-25-18-16-14-12-10-8-6-4-2/h12,14,18,25,28,32,58-59,63-64H,3-11,13,15-17,19-24,26-27,29-31,33-57H2,1-2H3,(H,62,65)/b14-12-,25-18-,32-28-. The van der Waals surface area contributed by atoms with Gasteiger partial charge in [-0.1, -0.05) is 256 Å². The molecule has 0 aromatic carbocycles. The molecule has 3 N–H and O–H groups in total. The predicted molar refractivity (Wildman–Crippen MR) is 292 cm³/mol. The maximum atomic E-state index is 12.5. The van der Waals surface area contributed by atoms with Crippen LogP contribution in [0.3, 0.4) is 0 Å². The Hall–Kier alpha value is -1.92. The van der Waals surface area contributed by atoms with Crippen LogP contribution in [0.4, 0.5) is 0 Å². The first-order valence-electron chi connectivity index (χ1n) is 29.7. The fourth-order valence-electron chi connectivity index (χ4n) is 9.08. The zero-order valence-corrected chi connectivity index (χ0v) is 44.9. The van der Waals surface area contributed by atoms with E-state index in [-0.39, 0.29) is 18.5 Å². The number of amides is 1. The van der Waals surface area contributed by atoms with Crippen molar-refractivity contribution < 1.29 is 24.5 Å². The molecule has 2 atom stereocenters. The average molecular weight is 943 g/mol. The van der Waals surface area contributed by atoms with Crippen LogP contribution in [0.5, 0.6) is 0 Å². The van der Waals surface area contributed by atoms with Crippen molar-refractivity contribution in [1.82, 2.24) is 5.32 Å². The molecule has 6 nitrogen and oxygen atoms in total. The van der Waals surface area contributed by atoms with Crippen molar-refractivity contribution in [3.63, 3.8) is 0 Å². The molecule has 0 aliphatic carbocycles. The van der Waals surface area contributed by atoms with E-state index in [2.05, 4.69) is 55.6 Å². The molecule has 0 saturated carbocycles. The quantitative estimate of drug-likeness (QED) is 0.0321. The summed E-state index contributed by atoms with van der Waals surface area (Å²) in [6.07, 6.45) is 69.9. The number of hydrogen-bond acceptors (Lipinski definition) is 5. The van der Waals surface area contributed by atoms with Crippen LogP contribution < -0.4 is 5.32 Å². The fourth-order valence-corrected chi connectivity index (χ4v) is 9.08. The number of unbranched alkanes of at least 4 members (excludes halogenated alkanes) is 38. The Balaban J connectivity index is 3.48. The minimum atomic E-state index is -0.676. The third-order valence-electron chi connectivity index (χ3n) is 13.7. The van der Waals surface area contributed by atoms with E-state index in [1.54, 1.807) is 0 Å². The second-order valence-corrected chi connectivity index (χ2v) is 20.3. The summed E-state index contributed by atoms with van der Waals surface area (Å²) in [5, 5.41) is 23.3. The zero-order chi connectivity index (χ0) is 48.6. The monoisotopic (exact) mass is 942 g/mol. The number of nitrogens with one attached hydrogen (secondary N) is 1. The predicted octanol–water partition coefficient (Wildman–Crippen LogP) is 18.4. The molecule has 0 aromatic heterocycles. The Morgan fingerprint density at radius 1 is 0.418 bits per heavy atom. The van der Waals surface area contributed by atoms with Gasteiger partial charge in [0.2, 0.25) is 5.91 Å². The van der Waals surface area contributed by atoms with E-state index < -0.39 is 12.1 Å². The van der Waals surface area contributed by atoms with Gasteiger partial charge in [-0.15, -0.1) is 0 Å². The lowest BCUT2D eigenvalue weighted by atomic mass is 10.0. The van der Waals surface area contributed by atoms with Crippen LogP contribution >= 0.6 is 0 Å². The topological polar surface area (TPSA) is 95.9 Å². The van der Waals surface area contributed by atoms with Crippen molar-refractivity contribution in [2.75, 3.05) is 13.2 Å². The Kier molecular flexibility index (Phi) is 55.0. The molecule has 0 bridgehead atoms. The Labute approximate surface area is 417 Å².